The number of halogens is 1. The Balaban J connectivity index is 1.57. The third-order valence-corrected chi connectivity index (χ3v) is 5.79. The number of methoxy groups -OCH3 is 1. The Bertz CT molecular complexity index is 1490. The number of nitrogens with one attached hydrogen (secondary N) is 2. The Morgan fingerprint density at radius 2 is 1.66 bits per heavy atom. The fraction of sp³-hybridized carbons (Fsp3) is 0.103. The monoisotopic (exact) mass is 515 g/mol. The summed E-state index contributed by atoms with van der Waals surface area (Å²) >= 11 is 0. The lowest BCUT2D eigenvalue weighted by Gasteiger charge is -2.25. The van der Waals surface area contributed by atoms with Crippen molar-refractivity contribution in [1.29, 1.82) is 0 Å². The summed E-state index contributed by atoms with van der Waals surface area (Å²) in [5, 5.41) is 16.7. The van der Waals surface area contributed by atoms with Crippen LogP contribution in [0.15, 0.2) is 97.1 Å². The number of benzene rings is 4. The molecule has 0 aromatic heterocycles. The van der Waals surface area contributed by atoms with Crippen molar-refractivity contribution in [2.45, 2.75) is 12.2 Å². The van der Waals surface area contributed by atoms with Crippen molar-refractivity contribution in [2.24, 2.45) is 0 Å². The van der Waals surface area contributed by atoms with Gasteiger partial charge in [-0.15, -0.1) is 0 Å². The van der Waals surface area contributed by atoms with E-state index in [1.807, 2.05) is 30.3 Å². The second-order valence-corrected chi connectivity index (χ2v) is 8.32. The number of carbonyl (C=O) groups is 2. The fourth-order valence-corrected chi connectivity index (χ4v) is 3.88. The van der Waals surface area contributed by atoms with Gasteiger partial charge in [0.1, 0.15) is 6.10 Å². The van der Waals surface area contributed by atoms with Gasteiger partial charge in [-0.05, 0) is 47.4 Å². The minimum absolute atomic E-state index is 0.206. The Labute approximate surface area is 218 Å². The maximum atomic E-state index is 14.2. The molecular weight excluding hydrogens is 489 g/mol. The number of hydrogen-bond acceptors (Lipinski definition) is 6. The maximum absolute atomic E-state index is 14.2. The average Bonchev–Trinajstić information content (AvgIpc) is 2.91. The highest BCUT2D eigenvalue weighted by molar-refractivity contribution is 6.01. The molecule has 0 bridgehead atoms. The highest BCUT2D eigenvalue weighted by Crippen LogP contribution is 2.30. The van der Waals surface area contributed by atoms with E-state index in [0.717, 1.165) is 22.9 Å². The van der Waals surface area contributed by atoms with Gasteiger partial charge < -0.3 is 25.6 Å². The van der Waals surface area contributed by atoms with Crippen LogP contribution in [0.25, 0.3) is 10.8 Å². The molecular formula is C29H26FN3O5. The molecule has 0 unspecified atom stereocenters. The molecule has 0 aliphatic rings. The lowest BCUT2D eigenvalue weighted by Crippen LogP contribution is -2.27. The first-order chi connectivity index (χ1) is 18.4. The lowest BCUT2D eigenvalue weighted by atomic mass is 10.0. The molecule has 0 fully saturated rings. The van der Waals surface area contributed by atoms with Crippen molar-refractivity contribution in [3.05, 3.63) is 108 Å². The molecule has 0 aliphatic carbocycles. The van der Waals surface area contributed by atoms with Gasteiger partial charge in [-0.25, -0.2) is 9.18 Å². The summed E-state index contributed by atoms with van der Waals surface area (Å²) in [6.45, 7) is 0. The van der Waals surface area contributed by atoms with Crippen LogP contribution in [0, 0.1) is 5.82 Å². The van der Waals surface area contributed by atoms with Gasteiger partial charge in [0, 0.05) is 18.6 Å². The normalized spacial score (nSPS) is 12.7. The fourth-order valence-electron chi connectivity index (χ4n) is 3.88. The Morgan fingerprint density at radius 3 is 2.42 bits per heavy atom. The summed E-state index contributed by atoms with van der Waals surface area (Å²) in [6.07, 6.45) is -0.394. The number of hydrogen-bond donors (Lipinski definition) is 4. The van der Waals surface area contributed by atoms with Crippen LogP contribution in [0.3, 0.4) is 0 Å². The molecule has 0 aliphatic heterocycles. The largest absolute Gasteiger partial charge is 0.505 e. The van der Waals surface area contributed by atoms with Crippen molar-refractivity contribution in [3.63, 3.8) is 0 Å². The van der Waals surface area contributed by atoms with E-state index < -0.39 is 35.8 Å². The molecule has 2 atom stereocenters. The highest BCUT2D eigenvalue weighted by atomic mass is 19.1. The van der Waals surface area contributed by atoms with Crippen LogP contribution >= 0.6 is 0 Å². The van der Waals surface area contributed by atoms with Crippen molar-refractivity contribution in [3.8, 4) is 5.75 Å². The van der Waals surface area contributed by atoms with E-state index >= 15 is 0 Å². The van der Waals surface area contributed by atoms with Gasteiger partial charge in [-0.3, -0.25) is 10.1 Å². The van der Waals surface area contributed by atoms with E-state index in [1.165, 1.54) is 25.3 Å². The van der Waals surface area contributed by atoms with Crippen LogP contribution in [0.1, 0.15) is 11.7 Å². The van der Waals surface area contributed by atoms with Gasteiger partial charge in [0.25, 0.3) is 0 Å². The number of phenols is 1. The summed E-state index contributed by atoms with van der Waals surface area (Å²) in [4.78, 5) is 25.5. The number of para-hydroxylation sites is 2. The average molecular weight is 516 g/mol. The Morgan fingerprint density at radius 1 is 0.947 bits per heavy atom. The third-order valence-electron chi connectivity index (χ3n) is 5.79. The van der Waals surface area contributed by atoms with Crippen LogP contribution in [0.5, 0.6) is 5.75 Å². The van der Waals surface area contributed by atoms with E-state index in [-0.39, 0.29) is 5.56 Å². The quantitative estimate of drug-likeness (QED) is 0.175. The number of phenolic OH excluding ortho intramolecular Hbond substituents is 1. The zero-order valence-corrected chi connectivity index (χ0v) is 20.4. The molecule has 9 heteroatoms. The number of aromatic hydroxyl groups is 1. The number of nitrogen functional groups attached to an aromatic ring is 1. The van der Waals surface area contributed by atoms with Crippen molar-refractivity contribution in [2.75, 3.05) is 23.5 Å². The zero-order valence-electron chi connectivity index (χ0n) is 20.4. The zero-order chi connectivity index (χ0) is 27.1. The first kappa shape index (κ1) is 26.2. The molecule has 0 saturated heterocycles. The van der Waals surface area contributed by atoms with E-state index in [0.29, 0.717) is 17.1 Å². The molecule has 4 rings (SSSR count). The summed E-state index contributed by atoms with van der Waals surface area (Å²) < 4.78 is 25.4. The maximum Gasteiger partial charge on any atom is 0.412 e. The minimum Gasteiger partial charge on any atom is -0.505 e. The summed E-state index contributed by atoms with van der Waals surface area (Å²) in [5.74, 6) is -1.96. The van der Waals surface area contributed by atoms with E-state index in [4.69, 9.17) is 15.2 Å². The number of carbonyl (C=O) groups excluding carboxylic acids is 2. The molecule has 194 valence electrons. The molecule has 5 N–H and O–H groups in total. The summed E-state index contributed by atoms with van der Waals surface area (Å²) in [7, 11) is 1.36. The molecule has 0 radical (unpaired) electrons. The second kappa shape index (κ2) is 11.9. The van der Waals surface area contributed by atoms with Gasteiger partial charge >= 0.3 is 6.09 Å². The molecule has 0 spiro atoms. The Hall–Kier alpha value is -4.89. The van der Waals surface area contributed by atoms with Crippen molar-refractivity contribution >= 4 is 39.8 Å². The summed E-state index contributed by atoms with van der Waals surface area (Å²) in [6, 6.07) is 23.3. The number of nitrogens with two attached hydrogens (primary N) is 1. The standard InChI is InChI=1S/C29H26FN3O5/c1-37-26(15-16-27(35)32-24-11-5-4-10-22(24)31)28(19-13-14-25(34)21(30)17-19)38-29(36)33-23-12-6-8-18-7-2-3-9-20(18)23/h2-17,26,28,34H,31H2,1H3,(H,32,35)(H,33,36)/b16-15+/t26-,28-/m1/s1. The van der Waals surface area contributed by atoms with Crippen molar-refractivity contribution < 1.29 is 28.6 Å². The van der Waals surface area contributed by atoms with E-state index in [9.17, 15) is 19.1 Å². The molecule has 0 saturated carbocycles. The second-order valence-electron chi connectivity index (χ2n) is 8.32. The predicted octanol–water partition coefficient (Wildman–Crippen LogP) is 5.77. The topological polar surface area (TPSA) is 123 Å². The number of anilines is 3. The van der Waals surface area contributed by atoms with Crippen LogP contribution < -0.4 is 16.4 Å². The van der Waals surface area contributed by atoms with Crippen LogP contribution in [-0.4, -0.2) is 30.3 Å². The first-order valence-corrected chi connectivity index (χ1v) is 11.7. The van der Waals surface area contributed by atoms with Crippen LogP contribution in [-0.2, 0) is 14.3 Å². The molecule has 38 heavy (non-hydrogen) atoms. The van der Waals surface area contributed by atoms with Crippen LogP contribution in [0.4, 0.5) is 26.2 Å². The molecule has 4 aromatic rings. The van der Waals surface area contributed by atoms with E-state index in [1.54, 1.807) is 36.4 Å². The Kier molecular flexibility index (Phi) is 8.20. The lowest BCUT2D eigenvalue weighted by molar-refractivity contribution is -0.112. The number of fused-ring (bicyclic) bond motifs is 1. The van der Waals surface area contributed by atoms with Gasteiger partial charge in [-0.2, -0.15) is 0 Å². The number of rotatable bonds is 8. The summed E-state index contributed by atoms with van der Waals surface area (Å²) in [5.41, 5.74) is 7.42. The molecule has 0 heterocycles. The first-order valence-electron chi connectivity index (χ1n) is 11.7. The number of amides is 2. The van der Waals surface area contributed by atoms with E-state index in [2.05, 4.69) is 10.6 Å². The predicted molar refractivity (Wildman–Crippen MR) is 144 cm³/mol. The van der Waals surface area contributed by atoms with Gasteiger partial charge in [-0.1, -0.05) is 54.6 Å². The highest BCUT2D eigenvalue weighted by Gasteiger charge is 2.27. The van der Waals surface area contributed by atoms with Crippen LogP contribution in [0.2, 0.25) is 0 Å². The molecule has 4 aromatic carbocycles. The van der Waals surface area contributed by atoms with Gasteiger partial charge in [0.15, 0.2) is 17.7 Å². The smallest absolute Gasteiger partial charge is 0.412 e. The minimum atomic E-state index is -1.17. The van der Waals surface area contributed by atoms with Gasteiger partial charge in [0.05, 0.1) is 17.1 Å². The van der Waals surface area contributed by atoms with Gasteiger partial charge in [0.2, 0.25) is 5.91 Å². The SMILES string of the molecule is CO[C@H](/C=C/C(=O)Nc1ccccc1N)[C@H](OC(=O)Nc1cccc2ccccc12)c1ccc(O)c(F)c1. The third kappa shape index (κ3) is 6.26. The van der Waals surface area contributed by atoms with Crippen molar-refractivity contribution in [1.82, 2.24) is 0 Å². The number of ether oxygens (including phenoxy) is 2. The molecule has 2 amide bonds. The molecule has 8 nitrogen and oxygen atoms in total.